The minimum atomic E-state index is -0.283. The third kappa shape index (κ3) is 4.97. The quantitative estimate of drug-likeness (QED) is 0.604. The van der Waals surface area contributed by atoms with Gasteiger partial charge in [0.15, 0.2) is 0 Å². The SMILES string of the molecule is Cc1ccc(CNc2cncc(C(=O)Nc3cc(Cl)cc(Cl)c3)c2)cc1. The zero-order chi connectivity index (χ0) is 18.5. The Kier molecular flexibility index (Phi) is 5.76. The summed E-state index contributed by atoms with van der Waals surface area (Å²) in [5.74, 6) is -0.283. The van der Waals surface area contributed by atoms with Gasteiger partial charge in [-0.25, -0.2) is 0 Å². The van der Waals surface area contributed by atoms with Gasteiger partial charge in [0.2, 0.25) is 0 Å². The minimum absolute atomic E-state index is 0.283. The summed E-state index contributed by atoms with van der Waals surface area (Å²) in [4.78, 5) is 16.6. The molecule has 0 aliphatic carbocycles. The van der Waals surface area contributed by atoms with Gasteiger partial charge in [-0.2, -0.15) is 0 Å². The first-order valence-electron chi connectivity index (χ1n) is 8.01. The number of aromatic nitrogens is 1. The summed E-state index contributed by atoms with van der Waals surface area (Å²) in [6.45, 7) is 2.70. The second-order valence-electron chi connectivity index (χ2n) is 5.91. The molecular weight excluding hydrogens is 369 g/mol. The minimum Gasteiger partial charge on any atom is -0.380 e. The van der Waals surface area contributed by atoms with Crippen LogP contribution in [0.2, 0.25) is 10.0 Å². The van der Waals surface area contributed by atoms with Gasteiger partial charge in [-0.15, -0.1) is 0 Å². The monoisotopic (exact) mass is 385 g/mol. The molecule has 0 radical (unpaired) electrons. The van der Waals surface area contributed by atoms with Crippen molar-refractivity contribution >= 4 is 40.5 Å². The number of carbonyl (C=O) groups excluding carboxylic acids is 1. The molecule has 4 nitrogen and oxygen atoms in total. The fourth-order valence-corrected chi connectivity index (χ4v) is 2.93. The van der Waals surface area contributed by atoms with Crippen LogP contribution < -0.4 is 10.6 Å². The van der Waals surface area contributed by atoms with E-state index >= 15 is 0 Å². The molecule has 1 amide bonds. The second kappa shape index (κ2) is 8.21. The average Bonchev–Trinajstić information content (AvgIpc) is 2.60. The molecule has 1 aromatic heterocycles. The largest absolute Gasteiger partial charge is 0.380 e. The zero-order valence-corrected chi connectivity index (χ0v) is 15.6. The first kappa shape index (κ1) is 18.2. The number of rotatable bonds is 5. The van der Waals surface area contributed by atoms with Crippen LogP contribution in [0.5, 0.6) is 0 Å². The van der Waals surface area contributed by atoms with Crippen molar-refractivity contribution in [2.75, 3.05) is 10.6 Å². The van der Waals surface area contributed by atoms with Crippen LogP contribution in [0, 0.1) is 6.92 Å². The summed E-state index contributed by atoms with van der Waals surface area (Å²) in [6, 6.07) is 14.9. The Morgan fingerprint density at radius 3 is 2.35 bits per heavy atom. The van der Waals surface area contributed by atoms with Crippen LogP contribution in [0.3, 0.4) is 0 Å². The maximum Gasteiger partial charge on any atom is 0.257 e. The fourth-order valence-electron chi connectivity index (χ4n) is 2.40. The maximum atomic E-state index is 12.4. The van der Waals surface area contributed by atoms with Crippen molar-refractivity contribution in [1.82, 2.24) is 4.98 Å². The molecule has 0 saturated heterocycles. The zero-order valence-electron chi connectivity index (χ0n) is 14.1. The lowest BCUT2D eigenvalue weighted by molar-refractivity contribution is 0.102. The lowest BCUT2D eigenvalue weighted by Crippen LogP contribution is -2.13. The van der Waals surface area contributed by atoms with Crippen molar-refractivity contribution in [2.24, 2.45) is 0 Å². The number of halogens is 2. The molecule has 2 aromatic carbocycles. The van der Waals surface area contributed by atoms with Crippen molar-refractivity contribution in [1.29, 1.82) is 0 Å². The van der Waals surface area contributed by atoms with Gasteiger partial charge in [-0.3, -0.25) is 9.78 Å². The number of anilines is 2. The van der Waals surface area contributed by atoms with Crippen molar-refractivity contribution in [3.63, 3.8) is 0 Å². The highest BCUT2D eigenvalue weighted by Crippen LogP contribution is 2.23. The number of amides is 1. The molecule has 26 heavy (non-hydrogen) atoms. The average molecular weight is 386 g/mol. The molecule has 0 atom stereocenters. The Balaban J connectivity index is 1.67. The van der Waals surface area contributed by atoms with E-state index < -0.39 is 0 Å². The van der Waals surface area contributed by atoms with Gasteiger partial charge in [0.25, 0.3) is 5.91 Å². The second-order valence-corrected chi connectivity index (χ2v) is 6.79. The van der Waals surface area contributed by atoms with Crippen molar-refractivity contribution in [2.45, 2.75) is 13.5 Å². The Bertz CT molecular complexity index is 906. The molecule has 0 unspecified atom stereocenters. The van der Waals surface area contributed by atoms with Gasteiger partial charge in [0.05, 0.1) is 11.3 Å². The third-order valence-corrected chi connectivity index (χ3v) is 4.17. The van der Waals surface area contributed by atoms with E-state index in [1.165, 1.54) is 11.8 Å². The molecular formula is C20H17Cl2N3O. The molecule has 0 aliphatic heterocycles. The smallest absolute Gasteiger partial charge is 0.257 e. The Labute approximate surface area is 162 Å². The predicted molar refractivity (Wildman–Crippen MR) is 107 cm³/mol. The van der Waals surface area contributed by atoms with Crippen LogP contribution in [0.1, 0.15) is 21.5 Å². The number of aryl methyl sites for hydroxylation is 1. The van der Waals surface area contributed by atoms with Crippen LogP contribution in [-0.4, -0.2) is 10.9 Å². The lowest BCUT2D eigenvalue weighted by Gasteiger charge is -2.09. The van der Waals surface area contributed by atoms with E-state index in [1.807, 2.05) is 0 Å². The molecule has 0 saturated carbocycles. The predicted octanol–water partition coefficient (Wildman–Crippen LogP) is 5.56. The molecule has 6 heteroatoms. The van der Waals surface area contributed by atoms with E-state index in [0.29, 0.717) is 27.8 Å². The normalized spacial score (nSPS) is 10.4. The molecule has 0 aliphatic rings. The molecule has 3 rings (SSSR count). The summed E-state index contributed by atoms with van der Waals surface area (Å²) in [5, 5.41) is 6.96. The number of nitrogens with zero attached hydrogens (tertiary/aromatic N) is 1. The van der Waals surface area contributed by atoms with E-state index in [0.717, 1.165) is 11.3 Å². The standard InChI is InChI=1S/C20H17Cl2N3O/c1-13-2-4-14(5-3-13)10-24-19-6-15(11-23-12-19)20(26)25-18-8-16(21)7-17(22)9-18/h2-9,11-12,24H,10H2,1H3,(H,25,26). The lowest BCUT2D eigenvalue weighted by atomic mass is 10.1. The molecule has 0 bridgehead atoms. The van der Waals surface area contributed by atoms with Crippen molar-refractivity contribution in [3.8, 4) is 0 Å². The number of pyridine rings is 1. The van der Waals surface area contributed by atoms with E-state index in [1.54, 1.807) is 30.5 Å². The third-order valence-electron chi connectivity index (χ3n) is 3.74. The van der Waals surface area contributed by atoms with Crippen molar-refractivity contribution < 1.29 is 4.79 Å². The first-order valence-corrected chi connectivity index (χ1v) is 8.77. The van der Waals surface area contributed by atoms with Crippen LogP contribution in [0.15, 0.2) is 60.9 Å². The van der Waals surface area contributed by atoms with Crippen molar-refractivity contribution in [3.05, 3.63) is 87.7 Å². The summed E-state index contributed by atoms with van der Waals surface area (Å²) < 4.78 is 0. The fraction of sp³-hybridized carbons (Fsp3) is 0.100. The highest BCUT2D eigenvalue weighted by atomic mass is 35.5. The summed E-state index contributed by atoms with van der Waals surface area (Å²) in [7, 11) is 0. The highest BCUT2D eigenvalue weighted by Gasteiger charge is 2.09. The van der Waals surface area contributed by atoms with E-state index in [-0.39, 0.29) is 5.91 Å². The number of nitrogens with one attached hydrogen (secondary N) is 2. The van der Waals surface area contributed by atoms with Gasteiger partial charge in [0, 0.05) is 34.7 Å². The van der Waals surface area contributed by atoms with Crippen LogP contribution >= 0.6 is 23.2 Å². The van der Waals surface area contributed by atoms with Gasteiger partial charge in [-0.05, 0) is 36.8 Å². The Morgan fingerprint density at radius 1 is 0.962 bits per heavy atom. The molecule has 2 N–H and O–H groups in total. The molecule has 1 heterocycles. The molecule has 0 spiro atoms. The summed E-state index contributed by atoms with van der Waals surface area (Å²) >= 11 is 11.9. The first-order chi connectivity index (χ1) is 12.5. The Hall–Kier alpha value is -2.56. The van der Waals surface area contributed by atoms with Gasteiger partial charge >= 0.3 is 0 Å². The van der Waals surface area contributed by atoms with E-state index in [2.05, 4.69) is 46.8 Å². The molecule has 0 fully saturated rings. The number of benzene rings is 2. The van der Waals surface area contributed by atoms with Gasteiger partial charge < -0.3 is 10.6 Å². The number of carbonyl (C=O) groups is 1. The highest BCUT2D eigenvalue weighted by molar-refractivity contribution is 6.35. The van der Waals surface area contributed by atoms with E-state index in [4.69, 9.17) is 23.2 Å². The van der Waals surface area contributed by atoms with Crippen LogP contribution in [0.4, 0.5) is 11.4 Å². The summed E-state index contributed by atoms with van der Waals surface area (Å²) in [5.41, 5.74) is 4.11. The maximum absolute atomic E-state index is 12.4. The van der Waals surface area contributed by atoms with Gasteiger partial charge in [-0.1, -0.05) is 53.0 Å². The Morgan fingerprint density at radius 2 is 1.65 bits per heavy atom. The topological polar surface area (TPSA) is 54.0 Å². The van der Waals surface area contributed by atoms with E-state index in [9.17, 15) is 4.79 Å². The van der Waals surface area contributed by atoms with Crippen LogP contribution in [0.25, 0.3) is 0 Å². The number of hydrogen-bond acceptors (Lipinski definition) is 3. The number of hydrogen-bond donors (Lipinski definition) is 2. The van der Waals surface area contributed by atoms with Crippen LogP contribution in [-0.2, 0) is 6.54 Å². The molecule has 132 valence electrons. The van der Waals surface area contributed by atoms with Gasteiger partial charge in [0.1, 0.15) is 0 Å². The summed E-state index contributed by atoms with van der Waals surface area (Å²) in [6.07, 6.45) is 3.19. The molecule has 3 aromatic rings.